The van der Waals surface area contributed by atoms with Gasteiger partial charge in [0.2, 0.25) is 0 Å². The summed E-state index contributed by atoms with van der Waals surface area (Å²) in [4.78, 5) is 13.6. The predicted molar refractivity (Wildman–Crippen MR) is 70.8 cm³/mol. The summed E-state index contributed by atoms with van der Waals surface area (Å²) in [5.74, 6) is -0.424. The number of amides is 1. The lowest BCUT2D eigenvalue weighted by molar-refractivity contribution is -0.137. The van der Waals surface area contributed by atoms with Crippen molar-refractivity contribution in [3.8, 4) is 6.07 Å². The Morgan fingerprint density at radius 3 is 2.52 bits per heavy atom. The molecule has 110 valence electrons. The highest BCUT2D eigenvalue weighted by molar-refractivity contribution is 6.01. The molecule has 3 nitrogen and oxygen atoms in total. The standard InChI is InChI=1S/C15H13F3N2O/c16-15(17,18)13-5-3-4-11(9-13)8-12(10-19)14(21)20-6-1-2-7-20/h3-5,8-9H,1-2,6-7H2/b12-8+. The van der Waals surface area contributed by atoms with Crippen molar-refractivity contribution >= 4 is 12.0 Å². The van der Waals surface area contributed by atoms with Gasteiger partial charge in [-0.05, 0) is 36.6 Å². The first-order chi connectivity index (χ1) is 9.91. The molecule has 2 rings (SSSR count). The molecule has 6 heteroatoms. The summed E-state index contributed by atoms with van der Waals surface area (Å²) in [6.07, 6.45) is -1.48. The van der Waals surface area contributed by atoms with Gasteiger partial charge in [-0.1, -0.05) is 12.1 Å². The molecule has 21 heavy (non-hydrogen) atoms. The van der Waals surface area contributed by atoms with Crippen LogP contribution in [0.4, 0.5) is 13.2 Å². The van der Waals surface area contributed by atoms with Gasteiger partial charge in [-0.3, -0.25) is 4.79 Å². The SMILES string of the molecule is N#C/C(=C\c1cccc(C(F)(F)F)c1)C(=O)N1CCCC1. The molecule has 1 aliphatic heterocycles. The van der Waals surface area contributed by atoms with Gasteiger partial charge in [0.25, 0.3) is 5.91 Å². The molecule has 0 spiro atoms. The van der Waals surface area contributed by atoms with Gasteiger partial charge >= 0.3 is 6.18 Å². The molecule has 1 aliphatic rings. The van der Waals surface area contributed by atoms with E-state index in [4.69, 9.17) is 5.26 Å². The number of hydrogen-bond acceptors (Lipinski definition) is 2. The molecule has 0 saturated carbocycles. The molecule has 0 N–H and O–H groups in total. The van der Waals surface area contributed by atoms with Crippen molar-refractivity contribution in [3.05, 3.63) is 41.0 Å². The van der Waals surface area contributed by atoms with Crippen LogP contribution in [0.25, 0.3) is 6.08 Å². The molecule has 0 aromatic heterocycles. The molecule has 0 radical (unpaired) electrons. The zero-order valence-electron chi connectivity index (χ0n) is 11.2. The van der Waals surface area contributed by atoms with Gasteiger partial charge in [-0.2, -0.15) is 18.4 Å². The molecule has 1 aromatic rings. The summed E-state index contributed by atoms with van der Waals surface area (Å²) >= 11 is 0. The Kier molecular flexibility index (Phi) is 4.32. The summed E-state index contributed by atoms with van der Waals surface area (Å²) in [5, 5.41) is 9.06. The van der Waals surface area contributed by atoms with Crippen LogP contribution in [0.5, 0.6) is 0 Å². The Morgan fingerprint density at radius 2 is 1.95 bits per heavy atom. The highest BCUT2D eigenvalue weighted by Gasteiger charge is 2.30. The summed E-state index contributed by atoms with van der Waals surface area (Å²) in [7, 11) is 0. The number of halogens is 3. The Labute approximate surface area is 120 Å². The van der Waals surface area contributed by atoms with E-state index in [9.17, 15) is 18.0 Å². The zero-order valence-corrected chi connectivity index (χ0v) is 11.2. The van der Waals surface area contributed by atoms with Crippen molar-refractivity contribution in [1.29, 1.82) is 5.26 Å². The zero-order chi connectivity index (χ0) is 15.5. The van der Waals surface area contributed by atoms with Crippen molar-refractivity contribution < 1.29 is 18.0 Å². The Hall–Kier alpha value is -2.29. The van der Waals surface area contributed by atoms with Crippen LogP contribution >= 0.6 is 0 Å². The lowest BCUT2D eigenvalue weighted by Gasteiger charge is -2.14. The molecule has 1 heterocycles. The number of likely N-dealkylation sites (tertiary alicyclic amines) is 1. The Balaban J connectivity index is 2.28. The molecule has 1 amide bonds. The minimum absolute atomic E-state index is 0.142. The Morgan fingerprint density at radius 1 is 1.29 bits per heavy atom. The molecule has 0 unspecified atom stereocenters. The molecule has 0 aliphatic carbocycles. The third kappa shape index (κ3) is 3.63. The van der Waals surface area contributed by atoms with Crippen molar-refractivity contribution in [3.63, 3.8) is 0 Å². The highest BCUT2D eigenvalue weighted by atomic mass is 19.4. The minimum atomic E-state index is -4.45. The average molecular weight is 294 g/mol. The Bertz CT molecular complexity index is 608. The van der Waals surface area contributed by atoms with Crippen molar-refractivity contribution in [2.24, 2.45) is 0 Å². The maximum absolute atomic E-state index is 12.6. The van der Waals surface area contributed by atoms with Crippen LogP contribution in [-0.4, -0.2) is 23.9 Å². The number of nitrogens with zero attached hydrogens (tertiary/aromatic N) is 2. The maximum Gasteiger partial charge on any atom is 0.416 e. The summed E-state index contributed by atoms with van der Waals surface area (Å²) < 4.78 is 37.9. The summed E-state index contributed by atoms with van der Waals surface area (Å²) in [6.45, 7) is 1.17. The van der Waals surface area contributed by atoms with E-state index in [0.29, 0.717) is 13.1 Å². The number of carbonyl (C=O) groups excluding carboxylic acids is 1. The van der Waals surface area contributed by atoms with E-state index in [1.54, 1.807) is 11.0 Å². The normalized spacial score (nSPS) is 15.9. The number of hydrogen-bond donors (Lipinski definition) is 0. The van der Waals surface area contributed by atoms with Crippen molar-refractivity contribution in [2.45, 2.75) is 19.0 Å². The number of rotatable bonds is 2. The molecule has 1 saturated heterocycles. The van der Waals surface area contributed by atoms with Crippen LogP contribution in [0.15, 0.2) is 29.8 Å². The lowest BCUT2D eigenvalue weighted by Crippen LogP contribution is -2.28. The van der Waals surface area contributed by atoms with Gasteiger partial charge in [0.15, 0.2) is 0 Å². The van der Waals surface area contributed by atoms with Crippen LogP contribution in [0.1, 0.15) is 24.0 Å². The first-order valence-electron chi connectivity index (χ1n) is 6.50. The highest BCUT2D eigenvalue weighted by Crippen LogP contribution is 2.30. The van der Waals surface area contributed by atoms with E-state index in [1.807, 2.05) is 0 Å². The van der Waals surface area contributed by atoms with Gasteiger partial charge in [-0.15, -0.1) is 0 Å². The number of nitriles is 1. The molecular formula is C15H13F3N2O. The van der Waals surface area contributed by atoms with Gasteiger partial charge < -0.3 is 4.90 Å². The molecule has 1 aromatic carbocycles. The second-order valence-corrected chi connectivity index (χ2v) is 4.79. The van der Waals surface area contributed by atoms with Crippen LogP contribution in [0, 0.1) is 11.3 Å². The third-order valence-electron chi connectivity index (χ3n) is 3.27. The van der Waals surface area contributed by atoms with Crippen LogP contribution in [0.2, 0.25) is 0 Å². The fourth-order valence-electron chi connectivity index (χ4n) is 2.20. The first-order valence-corrected chi connectivity index (χ1v) is 6.50. The van der Waals surface area contributed by atoms with E-state index < -0.39 is 17.6 Å². The van der Waals surface area contributed by atoms with Crippen molar-refractivity contribution in [2.75, 3.05) is 13.1 Å². The maximum atomic E-state index is 12.6. The topological polar surface area (TPSA) is 44.1 Å². The summed E-state index contributed by atoms with van der Waals surface area (Å²) in [5.41, 5.74) is -0.757. The summed E-state index contributed by atoms with van der Waals surface area (Å²) in [6, 6.07) is 6.34. The van der Waals surface area contributed by atoms with E-state index in [2.05, 4.69) is 0 Å². The largest absolute Gasteiger partial charge is 0.416 e. The van der Waals surface area contributed by atoms with Crippen molar-refractivity contribution in [1.82, 2.24) is 4.90 Å². The lowest BCUT2D eigenvalue weighted by atomic mass is 10.1. The van der Waals surface area contributed by atoms with Crippen LogP contribution in [0.3, 0.4) is 0 Å². The van der Waals surface area contributed by atoms with E-state index in [-0.39, 0.29) is 11.1 Å². The van der Waals surface area contributed by atoms with E-state index in [1.165, 1.54) is 18.2 Å². The van der Waals surface area contributed by atoms with Gasteiger partial charge in [0, 0.05) is 13.1 Å². The monoisotopic (exact) mass is 294 g/mol. The third-order valence-corrected chi connectivity index (χ3v) is 3.27. The van der Waals surface area contributed by atoms with E-state index in [0.717, 1.165) is 25.0 Å². The first kappa shape index (κ1) is 15.1. The smallest absolute Gasteiger partial charge is 0.338 e. The molecule has 1 fully saturated rings. The molecule has 0 atom stereocenters. The number of alkyl halides is 3. The quantitative estimate of drug-likeness (QED) is 0.621. The van der Waals surface area contributed by atoms with Crippen LogP contribution < -0.4 is 0 Å². The second kappa shape index (κ2) is 6.00. The van der Waals surface area contributed by atoms with Gasteiger partial charge in [0.1, 0.15) is 11.6 Å². The molecular weight excluding hydrogens is 281 g/mol. The number of carbonyl (C=O) groups is 1. The fraction of sp³-hybridized carbons (Fsp3) is 0.333. The fourth-order valence-corrected chi connectivity index (χ4v) is 2.20. The number of benzene rings is 1. The van der Waals surface area contributed by atoms with E-state index >= 15 is 0 Å². The predicted octanol–water partition coefficient (Wildman–Crippen LogP) is 3.23. The second-order valence-electron chi connectivity index (χ2n) is 4.79. The average Bonchev–Trinajstić information content (AvgIpc) is 2.97. The van der Waals surface area contributed by atoms with Crippen LogP contribution in [-0.2, 0) is 11.0 Å². The van der Waals surface area contributed by atoms with Gasteiger partial charge in [-0.25, -0.2) is 0 Å². The molecule has 0 bridgehead atoms. The van der Waals surface area contributed by atoms with Gasteiger partial charge in [0.05, 0.1) is 5.56 Å². The minimum Gasteiger partial charge on any atom is -0.338 e.